The van der Waals surface area contributed by atoms with Gasteiger partial charge >= 0.3 is 6.09 Å². The highest BCUT2D eigenvalue weighted by molar-refractivity contribution is 6.13. The molecule has 0 radical (unpaired) electrons. The van der Waals surface area contributed by atoms with Gasteiger partial charge in [0.2, 0.25) is 5.88 Å². The fourth-order valence-electron chi connectivity index (χ4n) is 4.90. The van der Waals surface area contributed by atoms with Crippen molar-refractivity contribution in [1.82, 2.24) is 19.5 Å². The van der Waals surface area contributed by atoms with Gasteiger partial charge in [-0.05, 0) is 62.6 Å². The second-order valence-corrected chi connectivity index (χ2v) is 11.1. The van der Waals surface area contributed by atoms with Crippen molar-refractivity contribution in [3.63, 3.8) is 0 Å². The predicted molar refractivity (Wildman–Crippen MR) is 158 cm³/mol. The highest BCUT2D eigenvalue weighted by Crippen LogP contribution is 2.34. The van der Waals surface area contributed by atoms with Crippen LogP contribution in [0.3, 0.4) is 0 Å². The van der Waals surface area contributed by atoms with Gasteiger partial charge in [-0.25, -0.2) is 19.3 Å². The highest BCUT2D eigenvalue weighted by atomic mass is 16.6. The number of rotatable bonds is 5. The number of nitrogens with zero attached hydrogens (tertiary/aromatic N) is 4. The molecule has 1 aromatic carbocycles. The fraction of sp³-hybridized carbons (Fsp3) is 0.273. The van der Waals surface area contributed by atoms with Gasteiger partial charge in [0.1, 0.15) is 35.9 Å². The molecule has 0 unspecified atom stereocenters. The summed E-state index contributed by atoms with van der Waals surface area (Å²) in [6, 6.07) is 15.2. The number of carbonyl (C=O) groups is 1. The van der Waals surface area contributed by atoms with Crippen LogP contribution in [0.15, 0.2) is 73.3 Å². The van der Waals surface area contributed by atoms with Crippen molar-refractivity contribution >= 4 is 27.9 Å². The lowest BCUT2D eigenvalue weighted by Crippen LogP contribution is -2.41. The van der Waals surface area contributed by atoms with E-state index in [4.69, 9.17) is 19.3 Å². The van der Waals surface area contributed by atoms with Gasteiger partial charge in [-0.2, -0.15) is 0 Å². The molecular weight excluding hydrogens is 532 g/mol. The van der Waals surface area contributed by atoms with E-state index in [-0.39, 0.29) is 18.8 Å². The van der Waals surface area contributed by atoms with E-state index in [2.05, 4.69) is 26.8 Å². The number of benzene rings is 1. The van der Waals surface area contributed by atoms with Crippen LogP contribution in [-0.4, -0.2) is 55.1 Å². The maximum atomic E-state index is 13.2. The van der Waals surface area contributed by atoms with Crippen molar-refractivity contribution in [2.75, 3.05) is 6.61 Å². The molecule has 0 spiro atoms. The molecule has 1 aliphatic carbocycles. The molecule has 1 saturated carbocycles. The molecule has 4 aromatic heterocycles. The minimum atomic E-state index is -0.629. The Hall–Kier alpha value is -4.94. The largest absolute Gasteiger partial charge is 0.489 e. The van der Waals surface area contributed by atoms with Crippen molar-refractivity contribution < 1.29 is 24.1 Å². The van der Waals surface area contributed by atoms with Crippen molar-refractivity contribution in [3.8, 4) is 34.6 Å². The second-order valence-electron chi connectivity index (χ2n) is 11.1. The summed E-state index contributed by atoms with van der Waals surface area (Å²) in [5.74, 6) is 6.56. The highest BCUT2D eigenvalue weighted by Gasteiger charge is 2.33. The number of ether oxygens (including phenoxy) is 3. The number of hydrogen-bond acceptors (Lipinski definition) is 8. The third-order valence-electron chi connectivity index (χ3n) is 6.89. The summed E-state index contributed by atoms with van der Waals surface area (Å²) >= 11 is 0. The van der Waals surface area contributed by atoms with E-state index in [1.54, 1.807) is 35.4 Å². The van der Waals surface area contributed by atoms with Crippen LogP contribution in [0.1, 0.15) is 39.3 Å². The van der Waals surface area contributed by atoms with Crippen LogP contribution in [-0.2, 0) is 4.74 Å². The Kier molecular flexibility index (Phi) is 7.23. The van der Waals surface area contributed by atoms with Crippen LogP contribution in [0.4, 0.5) is 4.79 Å². The molecular formula is C33H30N4O5. The number of aromatic nitrogens is 4. The molecule has 0 aliphatic heterocycles. The summed E-state index contributed by atoms with van der Waals surface area (Å²) < 4.78 is 19.4. The van der Waals surface area contributed by atoms with Crippen molar-refractivity contribution in [2.24, 2.45) is 0 Å². The molecule has 1 fully saturated rings. The van der Waals surface area contributed by atoms with Crippen LogP contribution in [0.2, 0.25) is 0 Å². The topological polar surface area (TPSA) is 109 Å². The SMILES string of the molecule is CC(C)(C)OC(=O)n1c2ccncc2c2ccc(-c3ccc(O[C@H]4C[C@H](Oc5ccc(C#CCO)nc5)C4)nc3)cc21. The molecule has 42 heavy (non-hydrogen) atoms. The molecule has 0 saturated heterocycles. The lowest BCUT2D eigenvalue weighted by Gasteiger charge is -2.34. The number of fused-ring (bicyclic) bond motifs is 3. The average Bonchev–Trinajstić information content (AvgIpc) is 3.29. The summed E-state index contributed by atoms with van der Waals surface area (Å²) in [5, 5.41) is 10.6. The van der Waals surface area contributed by atoms with Gasteiger partial charge in [0.25, 0.3) is 0 Å². The Morgan fingerprint density at radius 1 is 0.929 bits per heavy atom. The van der Waals surface area contributed by atoms with Crippen LogP contribution >= 0.6 is 0 Å². The quantitative estimate of drug-likeness (QED) is 0.269. The van der Waals surface area contributed by atoms with Gasteiger partial charge in [-0.1, -0.05) is 18.1 Å². The zero-order valence-corrected chi connectivity index (χ0v) is 23.6. The second kappa shape index (κ2) is 11.1. The Morgan fingerprint density at radius 2 is 1.74 bits per heavy atom. The molecule has 0 amide bonds. The summed E-state index contributed by atoms with van der Waals surface area (Å²) in [6.45, 7) is 5.36. The molecule has 5 aromatic rings. The van der Waals surface area contributed by atoms with E-state index in [0.717, 1.165) is 45.8 Å². The predicted octanol–water partition coefficient (Wildman–Crippen LogP) is 5.76. The van der Waals surface area contributed by atoms with Crippen LogP contribution < -0.4 is 9.47 Å². The van der Waals surface area contributed by atoms with E-state index >= 15 is 0 Å². The molecule has 1 N–H and O–H groups in total. The van der Waals surface area contributed by atoms with Gasteiger partial charge < -0.3 is 19.3 Å². The van der Waals surface area contributed by atoms with Crippen molar-refractivity contribution in [2.45, 2.75) is 51.4 Å². The first kappa shape index (κ1) is 27.2. The van der Waals surface area contributed by atoms with Gasteiger partial charge in [0.15, 0.2) is 0 Å². The molecule has 0 atom stereocenters. The summed E-state index contributed by atoms with van der Waals surface area (Å²) in [7, 11) is 0. The van der Waals surface area contributed by atoms with E-state index in [0.29, 0.717) is 17.3 Å². The normalized spacial score (nSPS) is 16.4. The zero-order valence-electron chi connectivity index (χ0n) is 23.6. The van der Waals surface area contributed by atoms with Gasteiger partial charge in [-0.15, -0.1) is 0 Å². The molecule has 4 heterocycles. The van der Waals surface area contributed by atoms with E-state index in [1.807, 2.05) is 63.2 Å². The summed E-state index contributed by atoms with van der Waals surface area (Å²) in [5.41, 5.74) is 3.27. The third kappa shape index (κ3) is 5.76. The standard InChI is InChI=1S/C33H30N4O5/c1-33(2,3)42-32(39)37-29-12-13-34-20-28(29)27-10-6-21(15-30(27)37)22-7-11-31(36-18-22)41-26-16-25(17-26)40-24-9-8-23(35-19-24)5-4-14-38/h6-13,15,18-20,25-26,38H,14,16-17H2,1-3H3/t25-,26-. The molecule has 1 aliphatic rings. The first-order valence-electron chi connectivity index (χ1n) is 13.7. The lowest BCUT2D eigenvalue weighted by molar-refractivity contribution is 0.00208. The number of aliphatic hydroxyl groups is 1. The monoisotopic (exact) mass is 562 g/mol. The maximum absolute atomic E-state index is 13.2. The first-order chi connectivity index (χ1) is 20.3. The van der Waals surface area contributed by atoms with Crippen LogP contribution in [0.5, 0.6) is 11.6 Å². The third-order valence-corrected chi connectivity index (χ3v) is 6.89. The van der Waals surface area contributed by atoms with Gasteiger partial charge in [-0.3, -0.25) is 4.98 Å². The molecule has 0 bridgehead atoms. The number of carbonyl (C=O) groups excluding carboxylic acids is 1. The molecule has 9 nitrogen and oxygen atoms in total. The Morgan fingerprint density at radius 3 is 2.45 bits per heavy atom. The van der Waals surface area contributed by atoms with E-state index in [1.165, 1.54) is 0 Å². The van der Waals surface area contributed by atoms with E-state index < -0.39 is 11.7 Å². The van der Waals surface area contributed by atoms with Crippen molar-refractivity contribution in [3.05, 3.63) is 79.0 Å². The molecule has 6 rings (SSSR count). The van der Waals surface area contributed by atoms with Crippen LogP contribution in [0.25, 0.3) is 32.9 Å². The first-order valence-corrected chi connectivity index (χ1v) is 13.7. The van der Waals surface area contributed by atoms with E-state index in [9.17, 15) is 4.79 Å². The average molecular weight is 563 g/mol. The number of pyridine rings is 3. The Balaban J connectivity index is 1.13. The van der Waals surface area contributed by atoms with Gasteiger partial charge in [0.05, 0.1) is 17.2 Å². The zero-order chi connectivity index (χ0) is 29.3. The van der Waals surface area contributed by atoms with Gasteiger partial charge in [0, 0.05) is 53.8 Å². The minimum absolute atomic E-state index is 0.0190. The fourth-order valence-corrected chi connectivity index (χ4v) is 4.90. The number of aliphatic hydroxyl groups excluding tert-OH is 1. The summed E-state index contributed by atoms with van der Waals surface area (Å²) in [6.07, 6.45) is 7.98. The summed E-state index contributed by atoms with van der Waals surface area (Å²) in [4.78, 5) is 26.2. The smallest absolute Gasteiger partial charge is 0.419 e. The number of hydrogen-bond donors (Lipinski definition) is 1. The van der Waals surface area contributed by atoms with Crippen molar-refractivity contribution in [1.29, 1.82) is 0 Å². The maximum Gasteiger partial charge on any atom is 0.419 e. The Bertz CT molecular complexity index is 1810. The van der Waals surface area contributed by atoms with Crippen LogP contribution in [0, 0.1) is 11.8 Å². The minimum Gasteiger partial charge on any atom is -0.489 e. The lowest BCUT2D eigenvalue weighted by atomic mass is 9.92. The molecule has 212 valence electrons. The molecule has 9 heteroatoms. The Labute approximate surface area is 243 Å².